The lowest BCUT2D eigenvalue weighted by Crippen LogP contribution is -2.52. The van der Waals surface area contributed by atoms with Gasteiger partial charge in [0, 0.05) is 35.4 Å². The number of benzene rings is 2. The molecule has 0 saturated heterocycles. The minimum Gasteiger partial charge on any atom is -0.197 e. The molecular weight excluding hydrogens is 412 g/mol. The summed E-state index contributed by atoms with van der Waals surface area (Å²) in [5.41, 5.74) is 10.7. The highest BCUT2D eigenvalue weighted by Crippen LogP contribution is 2.43. The van der Waals surface area contributed by atoms with Gasteiger partial charge >= 0.3 is 0 Å². The van der Waals surface area contributed by atoms with Gasteiger partial charge in [-0.1, -0.05) is 55.7 Å². The Morgan fingerprint density at radius 1 is 0.529 bits per heavy atom. The van der Waals surface area contributed by atoms with Crippen LogP contribution in [-0.4, -0.2) is 0 Å². The highest BCUT2D eigenvalue weighted by atomic mass is 15.0. The number of hydrogen-bond donors (Lipinski definition) is 0. The van der Waals surface area contributed by atoms with Gasteiger partial charge in [-0.2, -0.15) is 9.13 Å². The van der Waals surface area contributed by atoms with E-state index in [1.165, 1.54) is 77.1 Å². The first-order valence-electron chi connectivity index (χ1n) is 12.6. The monoisotopic (exact) mass is 448 g/mol. The lowest BCUT2D eigenvalue weighted by molar-refractivity contribution is -0.688. The van der Waals surface area contributed by atoms with Crippen LogP contribution in [0.4, 0.5) is 0 Å². The van der Waals surface area contributed by atoms with Crippen molar-refractivity contribution in [1.82, 2.24) is 0 Å². The predicted molar refractivity (Wildman–Crippen MR) is 139 cm³/mol. The molecule has 0 N–H and O–H groups in total. The molecule has 2 heterocycles. The van der Waals surface area contributed by atoms with Gasteiger partial charge < -0.3 is 0 Å². The van der Waals surface area contributed by atoms with Crippen molar-refractivity contribution in [2.75, 3.05) is 0 Å². The van der Waals surface area contributed by atoms with Gasteiger partial charge in [0.25, 0.3) is 0 Å². The standard InChI is InChI=1S/C32H36N2/c1-24-14-6-8-16-26(24)28-18-12-20-30(33(28)3)32(22-10-5-11-23-32)31-21-13-19-29(34(31)4)27-17-9-7-15-25(27)2/h6-9,12-21H,5,10-11,22-23H2,1-4H3/q+2. The quantitative estimate of drug-likeness (QED) is 0.313. The second-order valence-electron chi connectivity index (χ2n) is 9.98. The number of nitrogens with zero attached hydrogens (tertiary/aromatic N) is 2. The molecule has 2 aromatic heterocycles. The Hall–Kier alpha value is -3.26. The van der Waals surface area contributed by atoms with E-state index < -0.39 is 0 Å². The summed E-state index contributed by atoms with van der Waals surface area (Å²) in [5.74, 6) is 0. The Bertz CT molecular complexity index is 1230. The maximum atomic E-state index is 2.47. The van der Waals surface area contributed by atoms with E-state index in [0.29, 0.717) is 0 Å². The van der Waals surface area contributed by atoms with Crippen molar-refractivity contribution in [3.63, 3.8) is 0 Å². The van der Waals surface area contributed by atoms with Crippen molar-refractivity contribution >= 4 is 0 Å². The van der Waals surface area contributed by atoms with Gasteiger partial charge in [0.2, 0.25) is 11.4 Å². The molecule has 1 aliphatic rings. The number of aryl methyl sites for hydroxylation is 2. The fraction of sp³-hybridized carbons (Fsp3) is 0.312. The highest BCUT2D eigenvalue weighted by molar-refractivity contribution is 5.62. The maximum absolute atomic E-state index is 2.47. The molecule has 0 bridgehead atoms. The zero-order valence-corrected chi connectivity index (χ0v) is 21.0. The van der Waals surface area contributed by atoms with E-state index in [2.05, 4.69) is 122 Å². The molecule has 172 valence electrons. The van der Waals surface area contributed by atoms with Gasteiger partial charge in [-0.25, -0.2) is 0 Å². The van der Waals surface area contributed by atoms with Crippen molar-refractivity contribution in [3.8, 4) is 22.5 Å². The average Bonchev–Trinajstić information content (AvgIpc) is 2.86. The van der Waals surface area contributed by atoms with Crippen molar-refractivity contribution in [3.05, 3.63) is 107 Å². The molecule has 2 heteroatoms. The summed E-state index contributed by atoms with van der Waals surface area (Å²) in [5, 5.41) is 0. The summed E-state index contributed by atoms with van der Waals surface area (Å²) in [6, 6.07) is 31.3. The molecule has 0 spiro atoms. The molecule has 0 atom stereocenters. The van der Waals surface area contributed by atoms with Crippen LogP contribution in [0.1, 0.15) is 54.6 Å². The van der Waals surface area contributed by atoms with Crippen molar-refractivity contribution in [1.29, 1.82) is 0 Å². The van der Waals surface area contributed by atoms with Crippen LogP contribution in [0, 0.1) is 13.8 Å². The van der Waals surface area contributed by atoms with Gasteiger partial charge in [-0.3, -0.25) is 0 Å². The topological polar surface area (TPSA) is 7.76 Å². The van der Waals surface area contributed by atoms with Crippen LogP contribution in [0.5, 0.6) is 0 Å². The summed E-state index contributed by atoms with van der Waals surface area (Å²) < 4.78 is 4.93. The Labute approximate surface area is 204 Å². The van der Waals surface area contributed by atoms with Gasteiger partial charge in [-0.05, 0) is 62.1 Å². The minimum atomic E-state index is -0.000853. The van der Waals surface area contributed by atoms with Gasteiger partial charge in [-0.15, -0.1) is 0 Å². The summed E-state index contributed by atoms with van der Waals surface area (Å²) in [4.78, 5) is 0. The summed E-state index contributed by atoms with van der Waals surface area (Å²) in [6.07, 6.45) is 6.22. The van der Waals surface area contributed by atoms with Crippen LogP contribution in [0.25, 0.3) is 22.5 Å². The van der Waals surface area contributed by atoms with E-state index >= 15 is 0 Å². The van der Waals surface area contributed by atoms with Gasteiger partial charge in [0.1, 0.15) is 19.5 Å². The van der Waals surface area contributed by atoms with Crippen molar-refractivity contribution in [2.24, 2.45) is 14.1 Å². The van der Waals surface area contributed by atoms with Gasteiger partial charge in [0.15, 0.2) is 11.4 Å². The number of pyridine rings is 2. The van der Waals surface area contributed by atoms with Crippen molar-refractivity contribution < 1.29 is 9.13 Å². The third-order valence-electron chi connectivity index (χ3n) is 7.99. The SMILES string of the molecule is Cc1ccccc1-c1cccc(C2(c3cccc(-c4ccccc4C)[n+]3C)CCCCC2)[n+]1C. The number of rotatable bonds is 4. The largest absolute Gasteiger partial charge is 0.212 e. The first kappa shape index (κ1) is 22.5. The molecule has 2 nitrogen and oxygen atoms in total. The third-order valence-corrected chi connectivity index (χ3v) is 7.99. The third kappa shape index (κ3) is 3.76. The second-order valence-corrected chi connectivity index (χ2v) is 9.98. The molecule has 5 rings (SSSR count). The first-order chi connectivity index (χ1) is 16.5. The molecule has 2 aromatic carbocycles. The smallest absolute Gasteiger partial charge is 0.197 e. The summed E-state index contributed by atoms with van der Waals surface area (Å²) in [7, 11) is 4.53. The highest BCUT2D eigenvalue weighted by Gasteiger charge is 2.48. The zero-order valence-electron chi connectivity index (χ0n) is 21.0. The zero-order chi connectivity index (χ0) is 23.7. The van der Waals surface area contributed by atoms with Gasteiger partial charge in [0.05, 0.1) is 0 Å². The molecule has 34 heavy (non-hydrogen) atoms. The molecular formula is C32H36N2+2. The molecule has 4 aromatic rings. The predicted octanol–water partition coefficient (Wildman–Crippen LogP) is 6.54. The second kappa shape index (κ2) is 9.18. The van der Waals surface area contributed by atoms with Crippen LogP contribution in [0.15, 0.2) is 84.9 Å². The van der Waals surface area contributed by atoms with E-state index in [9.17, 15) is 0 Å². The molecule has 1 aliphatic carbocycles. The van der Waals surface area contributed by atoms with E-state index in [4.69, 9.17) is 0 Å². The van der Waals surface area contributed by atoms with Crippen LogP contribution < -0.4 is 9.13 Å². The lowest BCUT2D eigenvalue weighted by Gasteiger charge is -2.33. The Balaban J connectivity index is 1.73. The molecule has 0 radical (unpaired) electrons. The van der Waals surface area contributed by atoms with E-state index in [-0.39, 0.29) is 5.41 Å². The Kier molecular flexibility index (Phi) is 6.08. The molecule has 1 fully saturated rings. The Morgan fingerprint density at radius 2 is 0.971 bits per heavy atom. The van der Waals surface area contributed by atoms with Crippen LogP contribution in [0.2, 0.25) is 0 Å². The van der Waals surface area contributed by atoms with Crippen LogP contribution in [0.3, 0.4) is 0 Å². The first-order valence-corrected chi connectivity index (χ1v) is 12.6. The number of aromatic nitrogens is 2. The van der Waals surface area contributed by atoms with Crippen molar-refractivity contribution in [2.45, 2.75) is 51.4 Å². The molecule has 0 aliphatic heterocycles. The Morgan fingerprint density at radius 3 is 1.41 bits per heavy atom. The summed E-state index contributed by atoms with van der Waals surface area (Å²) in [6.45, 7) is 4.42. The molecule has 1 saturated carbocycles. The summed E-state index contributed by atoms with van der Waals surface area (Å²) >= 11 is 0. The van der Waals surface area contributed by atoms with E-state index in [1.54, 1.807) is 0 Å². The normalized spacial score (nSPS) is 15.3. The van der Waals surface area contributed by atoms with E-state index in [0.717, 1.165) is 0 Å². The molecule has 0 amide bonds. The molecule has 0 unspecified atom stereocenters. The number of hydrogen-bond acceptors (Lipinski definition) is 0. The minimum absolute atomic E-state index is 0.000853. The fourth-order valence-corrected chi connectivity index (χ4v) is 6.19. The lowest BCUT2D eigenvalue weighted by atomic mass is 9.68. The van der Waals surface area contributed by atoms with Crippen LogP contribution in [-0.2, 0) is 19.5 Å². The fourth-order valence-electron chi connectivity index (χ4n) is 6.19. The van der Waals surface area contributed by atoms with E-state index in [1.807, 2.05) is 0 Å². The average molecular weight is 449 g/mol. The van der Waals surface area contributed by atoms with Crippen LogP contribution >= 0.6 is 0 Å². The maximum Gasteiger partial charge on any atom is 0.212 e.